The molecule has 1 N–H and O–H groups in total. The van der Waals surface area contributed by atoms with Crippen molar-refractivity contribution >= 4 is 0 Å². The Labute approximate surface area is 75.7 Å². The smallest absolute Gasteiger partial charge is 0.0619 e. The molecule has 1 heterocycles. The van der Waals surface area contributed by atoms with Crippen LogP contribution < -0.4 is 5.32 Å². The molecule has 0 bridgehead atoms. The minimum absolute atomic E-state index is 0.594. The fraction of sp³-hybridized carbons (Fsp3) is 1.00. The summed E-state index contributed by atoms with van der Waals surface area (Å²) >= 11 is 0. The topological polar surface area (TPSA) is 21.3 Å². The lowest BCUT2D eigenvalue weighted by Gasteiger charge is -2.28. The summed E-state index contributed by atoms with van der Waals surface area (Å²) in [5.41, 5.74) is 0. The molecule has 1 unspecified atom stereocenters. The molecule has 0 saturated carbocycles. The minimum atomic E-state index is 0.594. The molecule has 72 valence electrons. The van der Waals surface area contributed by atoms with Crippen LogP contribution in [0.2, 0.25) is 0 Å². The second kappa shape index (κ2) is 4.83. The predicted octanol–water partition coefficient (Wildman–Crippen LogP) is 1.80. The molecule has 0 aromatic heterocycles. The summed E-state index contributed by atoms with van der Waals surface area (Å²) in [6, 6.07) is 1.20. The summed E-state index contributed by atoms with van der Waals surface area (Å²) in [6.07, 6.45) is 2.49. The lowest BCUT2D eigenvalue weighted by molar-refractivity contribution is 0.0649. The van der Waals surface area contributed by atoms with E-state index < -0.39 is 0 Å². The Balaban J connectivity index is 2.20. The van der Waals surface area contributed by atoms with Crippen molar-refractivity contribution in [1.29, 1.82) is 0 Å². The van der Waals surface area contributed by atoms with Gasteiger partial charge in [-0.2, -0.15) is 0 Å². The molecule has 1 aliphatic heterocycles. The maximum absolute atomic E-state index is 5.40. The quantitative estimate of drug-likeness (QED) is 0.699. The van der Waals surface area contributed by atoms with Crippen molar-refractivity contribution in [1.82, 2.24) is 5.32 Å². The van der Waals surface area contributed by atoms with Crippen LogP contribution in [-0.2, 0) is 4.74 Å². The van der Waals surface area contributed by atoms with Crippen molar-refractivity contribution < 1.29 is 4.74 Å². The SMILES string of the molecule is CC(C)C(C)N[C@@H]1CCCOC1. The van der Waals surface area contributed by atoms with Crippen LogP contribution in [0.15, 0.2) is 0 Å². The fourth-order valence-electron chi connectivity index (χ4n) is 1.44. The van der Waals surface area contributed by atoms with E-state index in [2.05, 4.69) is 26.1 Å². The van der Waals surface area contributed by atoms with Crippen molar-refractivity contribution in [2.24, 2.45) is 5.92 Å². The fourth-order valence-corrected chi connectivity index (χ4v) is 1.44. The standard InChI is InChI=1S/C10H21NO/c1-8(2)9(3)11-10-5-4-6-12-7-10/h8-11H,4-7H2,1-3H3/t9?,10-/m1/s1. The van der Waals surface area contributed by atoms with Gasteiger partial charge in [-0.15, -0.1) is 0 Å². The zero-order chi connectivity index (χ0) is 8.97. The molecular formula is C10H21NO. The molecule has 2 heteroatoms. The van der Waals surface area contributed by atoms with E-state index in [4.69, 9.17) is 4.74 Å². The number of ether oxygens (including phenoxy) is 1. The minimum Gasteiger partial charge on any atom is -0.380 e. The van der Waals surface area contributed by atoms with Crippen molar-refractivity contribution in [2.45, 2.75) is 45.7 Å². The first-order chi connectivity index (χ1) is 5.70. The van der Waals surface area contributed by atoms with Gasteiger partial charge < -0.3 is 10.1 Å². The van der Waals surface area contributed by atoms with Gasteiger partial charge in [0.25, 0.3) is 0 Å². The van der Waals surface area contributed by atoms with E-state index in [-0.39, 0.29) is 0 Å². The van der Waals surface area contributed by atoms with E-state index >= 15 is 0 Å². The van der Waals surface area contributed by atoms with Crippen LogP contribution in [0.3, 0.4) is 0 Å². The molecule has 0 amide bonds. The van der Waals surface area contributed by atoms with Crippen LogP contribution in [0.4, 0.5) is 0 Å². The van der Waals surface area contributed by atoms with Crippen LogP contribution in [0.25, 0.3) is 0 Å². The van der Waals surface area contributed by atoms with Gasteiger partial charge in [-0.05, 0) is 25.7 Å². The Morgan fingerprint density at radius 3 is 2.58 bits per heavy atom. The monoisotopic (exact) mass is 171 g/mol. The second-order valence-electron chi connectivity index (χ2n) is 4.11. The molecule has 2 atom stereocenters. The lowest BCUT2D eigenvalue weighted by Crippen LogP contribution is -2.43. The maximum Gasteiger partial charge on any atom is 0.0619 e. The van der Waals surface area contributed by atoms with Gasteiger partial charge in [-0.1, -0.05) is 13.8 Å². The molecule has 1 saturated heterocycles. The van der Waals surface area contributed by atoms with E-state index in [1.165, 1.54) is 12.8 Å². The van der Waals surface area contributed by atoms with Crippen LogP contribution in [0.5, 0.6) is 0 Å². The van der Waals surface area contributed by atoms with Gasteiger partial charge in [0.2, 0.25) is 0 Å². The summed E-state index contributed by atoms with van der Waals surface area (Å²) in [7, 11) is 0. The summed E-state index contributed by atoms with van der Waals surface area (Å²) in [5, 5.41) is 3.59. The molecule has 0 radical (unpaired) electrons. The van der Waals surface area contributed by atoms with Gasteiger partial charge in [0, 0.05) is 18.7 Å². The van der Waals surface area contributed by atoms with E-state index in [0.717, 1.165) is 13.2 Å². The Morgan fingerprint density at radius 1 is 1.33 bits per heavy atom. The molecule has 0 aliphatic carbocycles. The predicted molar refractivity (Wildman–Crippen MR) is 51.3 cm³/mol. The van der Waals surface area contributed by atoms with Crippen molar-refractivity contribution in [3.8, 4) is 0 Å². The van der Waals surface area contributed by atoms with Gasteiger partial charge in [0.15, 0.2) is 0 Å². The van der Waals surface area contributed by atoms with Gasteiger partial charge >= 0.3 is 0 Å². The van der Waals surface area contributed by atoms with Crippen molar-refractivity contribution in [3.05, 3.63) is 0 Å². The molecule has 1 rings (SSSR count). The molecule has 0 spiro atoms. The summed E-state index contributed by atoms with van der Waals surface area (Å²) in [4.78, 5) is 0. The van der Waals surface area contributed by atoms with Gasteiger partial charge in [0.05, 0.1) is 6.61 Å². The van der Waals surface area contributed by atoms with Gasteiger partial charge in [-0.25, -0.2) is 0 Å². The summed E-state index contributed by atoms with van der Waals surface area (Å²) in [5.74, 6) is 0.715. The largest absolute Gasteiger partial charge is 0.380 e. The third-order valence-corrected chi connectivity index (χ3v) is 2.66. The van der Waals surface area contributed by atoms with Crippen LogP contribution >= 0.6 is 0 Å². The molecule has 2 nitrogen and oxygen atoms in total. The van der Waals surface area contributed by atoms with Crippen LogP contribution in [0.1, 0.15) is 33.6 Å². The average molecular weight is 171 g/mol. The summed E-state index contributed by atoms with van der Waals surface area (Å²) in [6.45, 7) is 8.60. The molecule has 0 aromatic rings. The van der Waals surface area contributed by atoms with Gasteiger partial charge in [0.1, 0.15) is 0 Å². The molecule has 1 aliphatic rings. The third-order valence-electron chi connectivity index (χ3n) is 2.66. The first-order valence-electron chi connectivity index (χ1n) is 5.04. The van der Waals surface area contributed by atoms with Crippen molar-refractivity contribution in [2.75, 3.05) is 13.2 Å². The molecule has 0 aromatic carbocycles. The van der Waals surface area contributed by atoms with E-state index in [1.807, 2.05) is 0 Å². The van der Waals surface area contributed by atoms with Crippen LogP contribution in [0, 0.1) is 5.92 Å². The number of hydrogen-bond acceptors (Lipinski definition) is 2. The Hall–Kier alpha value is -0.0800. The zero-order valence-electron chi connectivity index (χ0n) is 8.47. The highest BCUT2D eigenvalue weighted by Gasteiger charge is 2.16. The highest BCUT2D eigenvalue weighted by atomic mass is 16.5. The Morgan fingerprint density at radius 2 is 2.08 bits per heavy atom. The van der Waals surface area contributed by atoms with Crippen molar-refractivity contribution in [3.63, 3.8) is 0 Å². The van der Waals surface area contributed by atoms with E-state index in [1.54, 1.807) is 0 Å². The number of nitrogens with one attached hydrogen (secondary N) is 1. The molecule has 12 heavy (non-hydrogen) atoms. The summed E-state index contributed by atoms with van der Waals surface area (Å²) < 4.78 is 5.40. The lowest BCUT2D eigenvalue weighted by atomic mass is 10.0. The Bertz CT molecular complexity index is 119. The first-order valence-corrected chi connectivity index (χ1v) is 5.04. The highest BCUT2D eigenvalue weighted by molar-refractivity contribution is 4.75. The average Bonchev–Trinajstić information content (AvgIpc) is 2.06. The Kier molecular flexibility index (Phi) is 4.02. The maximum atomic E-state index is 5.40. The number of hydrogen-bond donors (Lipinski definition) is 1. The second-order valence-corrected chi connectivity index (χ2v) is 4.11. The third kappa shape index (κ3) is 3.11. The molecule has 1 fully saturated rings. The zero-order valence-corrected chi connectivity index (χ0v) is 8.47. The normalized spacial score (nSPS) is 27.5. The van der Waals surface area contributed by atoms with E-state index in [9.17, 15) is 0 Å². The van der Waals surface area contributed by atoms with Crippen LogP contribution in [-0.4, -0.2) is 25.3 Å². The highest BCUT2D eigenvalue weighted by Crippen LogP contribution is 2.09. The first kappa shape index (κ1) is 10.0. The van der Waals surface area contributed by atoms with Gasteiger partial charge in [-0.3, -0.25) is 0 Å². The molecular weight excluding hydrogens is 150 g/mol. The number of rotatable bonds is 3. The van der Waals surface area contributed by atoms with E-state index in [0.29, 0.717) is 18.0 Å².